The maximum Gasteiger partial charge on any atom is 0.0611 e. The van der Waals surface area contributed by atoms with Crippen molar-refractivity contribution in [3.63, 3.8) is 0 Å². The molecule has 3 atom stereocenters. The highest BCUT2D eigenvalue weighted by Crippen LogP contribution is 2.31. The fourth-order valence-corrected chi connectivity index (χ4v) is 2.05. The summed E-state index contributed by atoms with van der Waals surface area (Å²) in [5.41, 5.74) is 6.89. The van der Waals surface area contributed by atoms with Crippen LogP contribution in [0.25, 0.3) is 0 Å². The van der Waals surface area contributed by atoms with E-state index in [1.54, 1.807) is 0 Å². The van der Waals surface area contributed by atoms with E-state index in [4.69, 9.17) is 5.73 Å². The van der Waals surface area contributed by atoms with E-state index in [1.807, 2.05) is 18.2 Å². The summed E-state index contributed by atoms with van der Waals surface area (Å²) in [5, 5.41) is 10.3. The van der Waals surface area contributed by atoms with Crippen molar-refractivity contribution in [3.8, 4) is 0 Å². The van der Waals surface area contributed by atoms with Gasteiger partial charge in [-0.05, 0) is 24.3 Å². The standard InChI is InChI=1S/C15H25NO/c1-4-15(3,11-16)14(17)10-12(2)13-8-6-5-7-9-13/h5-9,12,14,17H,4,10-11,16H2,1-3H3. The van der Waals surface area contributed by atoms with Gasteiger partial charge in [-0.2, -0.15) is 0 Å². The van der Waals surface area contributed by atoms with Crippen LogP contribution >= 0.6 is 0 Å². The third-order valence-corrected chi connectivity index (χ3v) is 4.02. The molecule has 0 aliphatic rings. The van der Waals surface area contributed by atoms with Gasteiger partial charge in [-0.25, -0.2) is 0 Å². The van der Waals surface area contributed by atoms with Crippen molar-refractivity contribution in [1.82, 2.24) is 0 Å². The van der Waals surface area contributed by atoms with E-state index in [9.17, 15) is 5.11 Å². The molecule has 2 heteroatoms. The van der Waals surface area contributed by atoms with Gasteiger partial charge in [-0.1, -0.05) is 51.1 Å². The molecule has 0 fully saturated rings. The highest BCUT2D eigenvalue weighted by molar-refractivity contribution is 5.18. The van der Waals surface area contributed by atoms with Gasteiger partial charge in [0, 0.05) is 12.0 Å². The van der Waals surface area contributed by atoms with Crippen molar-refractivity contribution in [2.45, 2.75) is 45.6 Å². The van der Waals surface area contributed by atoms with Gasteiger partial charge < -0.3 is 10.8 Å². The summed E-state index contributed by atoms with van der Waals surface area (Å²) >= 11 is 0. The number of nitrogens with two attached hydrogens (primary N) is 1. The first-order chi connectivity index (χ1) is 8.03. The maximum absolute atomic E-state index is 10.3. The Balaban J connectivity index is 2.66. The fourth-order valence-electron chi connectivity index (χ4n) is 2.05. The van der Waals surface area contributed by atoms with E-state index in [0.29, 0.717) is 12.5 Å². The Morgan fingerprint density at radius 1 is 1.29 bits per heavy atom. The topological polar surface area (TPSA) is 46.2 Å². The van der Waals surface area contributed by atoms with Gasteiger partial charge in [0.05, 0.1) is 6.10 Å². The highest BCUT2D eigenvalue weighted by Gasteiger charge is 2.30. The van der Waals surface area contributed by atoms with Crippen molar-refractivity contribution in [3.05, 3.63) is 35.9 Å². The molecule has 1 aromatic carbocycles. The Morgan fingerprint density at radius 3 is 2.35 bits per heavy atom. The zero-order valence-corrected chi connectivity index (χ0v) is 11.2. The fraction of sp³-hybridized carbons (Fsp3) is 0.600. The van der Waals surface area contributed by atoms with Gasteiger partial charge in [-0.3, -0.25) is 0 Å². The predicted molar refractivity (Wildman–Crippen MR) is 72.9 cm³/mol. The maximum atomic E-state index is 10.3. The zero-order valence-electron chi connectivity index (χ0n) is 11.2. The Bertz CT molecular complexity index is 319. The van der Waals surface area contributed by atoms with Gasteiger partial charge in [0.1, 0.15) is 0 Å². The van der Waals surface area contributed by atoms with Gasteiger partial charge >= 0.3 is 0 Å². The second-order valence-corrected chi connectivity index (χ2v) is 5.27. The van der Waals surface area contributed by atoms with Crippen LogP contribution in [0.3, 0.4) is 0 Å². The molecule has 17 heavy (non-hydrogen) atoms. The molecule has 0 heterocycles. The Labute approximate surface area is 105 Å². The summed E-state index contributed by atoms with van der Waals surface area (Å²) in [6.07, 6.45) is 1.34. The molecule has 0 saturated carbocycles. The van der Waals surface area contributed by atoms with E-state index < -0.39 is 0 Å². The normalized spacial score (nSPS) is 18.4. The Hall–Kier alpha value is -0.860. The highest BCUT2D eigenvalue weighted by atomic mass is 16.3. The molecule has 0 aliphatic carbocycles. The van der Waals surface area contributed by atoms with Gasteiger partial charge in [-0.15, -0.1) is 0 Å². The zero-order chi connectivity index (χ0) is 12.9. The minimum Gasteiger partial charge on any atom is -0.392 e. The van der Waals surface area contributed by atoms with Crippen LogP contribution in [0.4, 0.5) is 0 Å². The van der Waals surface area contributed by atoms with Crippen LogP contribution < -0.4 is 5.73 Å². The summed E-state index contributed by atoms with van der Waals surface area (Å²) in [6, 6.07) is 10.3. The monoisotopic (exact) mass is 235 g/mol. The smallest absolute Gasteiger partial charge is 0.0611 e. The lowest BCUT2D eigenvalue weighted by Crippen LogP contribution is -2.39. The van der Waals surface area contributed by atoms with Crippen LogP contribution in [0.2, 0.25) is 0 Å². The third-order valence-electron chi connectivity index (χ3n) is 4.02. The molecule has 96 valence electrons. The number of rotatable bonds is 6. The second-order valence-electron chi connectivity index (χ2n) is 5.27. The van der Waals surface area contributed by atoms with Gasteiger partial charge in [0.25, 0.3) is 0 Å². The quantitative estimate of drug-likeness (QED) is 0.796. The molecule has 0 bridgehead atoms. The summed E-state index contributed by atoms with van der Waals surface area (Å²) in [5.74, 6) is 0.364. The van der Waals surface area contributed by atoms with Crippen molar-refractivity contribution in [2.24, 2.45) is 11.1 Å². The average Bonchev–Trinajstić information content (AvgIpc) is 2.38. The number of aliphatic hydroxyl groups is 1. The predicted octanol–water partition coefficient (Wildman–Crippen LogP) is 2.92. The van der Waals surface area contributed by atoms with E-state index in [1.165, 1.54) is 5.56 Å². The van der Waals surface area contributed by atoms with Crippen LogP contribution in [0.15, 0.2) is 30.3 Å². The molecule has 0 aliphatic heterocycles. The average molecular weight is 235 g/mol. The van der Waals surface area contributed by atoms with Crippen molar-refractivity contribution >= 4 is 0 Å². The van der Waals surface area contributed by atoms with E-state index in [-0.39, 0.29) is 11.5 Å². The van der Waals surface area contributed by atoms with Gasteiger partial charge in [0.15, 0.2) is 0 Å². The molecule has 1 rings (SSSR count). The molecule has 0 amide bonds. The molecule has 3 unspecified atom stereocenters. The minimum atomic E-state index is -0.340. The summed E-state index contributed by atoms with van der Waals surface area (Å²) in [7, 11) is 0. The molecular weight excluding hydrogens is 210 g/mol. The van der Waals surface area contributed by atoms with Crippen LogP contribution in [0.1, 0.15) is 45.1 Å². The first-order valence-electron chi connectivity index (χ1n) is 6.46. The molecule has 0 saturated heterocycles. The number of hydrogen-bond donors (Lipinski definition) is 2. The summed E-state index contributed by atoms with van der Waals surface area (Å²) in [6.45, 7) is 6.84. The lowest BCUT2D eigenvalue weighted by molar-refractivity contribution is 0.0291. The molecule has 0 aromatic heterocycles. The van der Waals surface area contributed by atoms with Crippen molar-refractivity contribution < 1.29 is 5.11 Å². The van der Waals surface area contributed by atoms with Gasteiger partial charge in [0.2, 0.25) is 0 Å². The van der Waals surface area contributed by atoms with Crippen molar-refractivity contribution in [1.29, 1.82) is 0 Å². The third kappa shape index (κ3) is 3.55. The van der Waals surface area contributed by atoms with E-state index >= 15 is 0 Å². The SMILES string of the molecule is CCC(C)(CN)C(O)CC(C)c1ccccc1. The second kappa shape index (κ2) is 6.18. The van der Waals surface area contributed by atoms with E-state index in [2.05, 4.69) is 32.9 Å². The largest absolute Gasteiger partial charge is 0.392 e. The Morgan fingerprint density at radius 2 is 1.88 bits per heavy atom. The minimum absolute atomic E-state index is 0.164. The van der Waals surface area contributed by atoms with Crippen LogP contribution in [-0.4, -0.2) is 17.8 Å². The molecule has 0 spiro atoms. The first-order valence-corrected chi connectivity index (χ1v) is 6.46. The van der Waals surface area contributed by atoms with Crippen LogP contribution in [-0.2, 0) is 0 Å². The number of benzene rings is 1. The first kappa shape index (κ1) is 14.2. The van der Waals surface area contributed by atoms with E-state index in [0.717, 1.165) is 12.8 Å². The molecule has 3 N–H and O–H groups in total. The number of aliphatic hydroxyl groups excluding tert-OH is 1. The summed E-state index contributed by atoms with van der Waals surface area (Å²) < 4.78 is 0. The van der Waals surface area contributed by atoms with Crippen molar-refractivity contribution in [2.75, 3.05) is 6.54 Å². The molecular formula is C15H25NO. The van der Waals surface area contributed by atoms with Crippen LogP contribution in [0, 0.1) is 5.41 Å². The Kier molecular flexibility index (Phi) is 5.16. The molecule has 0 radical (unpaired) electrons. The molecule has 2 nitrogen and oxygen atoms in total. The summed E-state index contributed by atoms with van der Waals surface area (Å²) in [4.78, 5) is 0. The lowest BCUT2D eigenvalue weighted by atomic mass is 9.77. The lowest BCUT2D eigenvalue weighted by Gasteiger charge is -2.33. The molecule has 1 aromatic rings. The van der Waals surface area contributed by atoms with Crippen LogP contribution in [0.5, 0.6) is 0 Å². The number of hydrogen-bond acceptors (Lipinski definition) is 2.